The van der Waals surface area contributed by atoms with E-state index in [1.165, 1.54) is 9.87 Å². The van der Waals surface area contributed by atoms with E-state index in [0.717, 1.165) is 25.2 Å². The van der Waals surface area contributed by atoms with Crippen LogP contribution >= 0.6 is 0 Å². The van der Waals surface area contributed by atoms with Crippen LogP contribution in [0, 0.1) is 0 Å². The van der Waals surface area contributed by atoms with Gasteiger partial charge in [0.15, 0.2) is 0 Å². The van der Waals surface area contributed by atoms with Gasteiger partial charge in [-0.15, -0.1) is 0 Å². The first-order valence-corrected chi connectivity index (χ1v) is 14.2. The lowest BCUT2D eigenvalue weighted by Gasteiger charge is -2.36. The molecule has 38 heavy (non-hydrogen) atoms. The summed E-state index contributed by atoms with van der Waals surface area (Å²) >= 11 is 0. The summed E-state index contributed by atoms with van der Waals surface area (Å²) in [5.74, 6) is 0.616. The predicted molar refractivity (Wildman–Crippen MR) is 150 cm³/mol. The SMILES string of the molecule is COc1ccc([C@@H](CC(=O)N2CCN(C/C=C/c3ccccc3)CC2)N(C)S(=O)(=O)c2ccccc2)cc1. The standard InChI is InChI=1S/C30H35N3O4S/c1-31(38(35,36)28-13-7-4-8-14-28)29(26-15-17-27(37-2)18-16-26)24-30(34)33-22-20-32(21-23-33)19-9-12-25-10-5-3-6-11-25/h3-18,29H,19-24H2,1-2H3/b12-9+/t29-/m1/s1. The normalized spacial score (nSPS) is 15.6. The summed E-state index contributed by atoms with van der Waals surface area (Å²) in [6, 6.07) is 25.1. The molecule has 4 rings (SSSR count). The monoisotopic (exact) mass is 533 g/mol. The van der Waals surface area contributed by atoms with Crippen molar-refractivity contribution in [3.63, 3.8) is 0 Å². The average Bonchev–Trinajstić information content (AvgIpc) is 2.97. The molecule has 7 nitrogen and oxygen atoms in total. The van der Waals surface area contributed by atoms with E-state index >= 15 is 0 Å². The molecule has 1 fully saturated rings. The number of methoxy groups -OCH3 is 1. The highest BCUT2D eigenvalue weighted by Gasteiger charge is 2.32. The molecule has 0 radical (unpaired) electrons. The smallest absolute Gasteiger partial charge is 0.243 e. The van der Waals surface area contributed by atoms with E-state index in [9.17, 15) is 13.2 Å². The van der Waals surface area contributed by atoms with Crippen molar-refractivity contribution in [2.45, 2.75) is 17.4 Å². The Balaban J connectivity index is 1.43. The van der Waals surface area contributed by atoms with E-state index < -0.39 is 16.1 Å². The van der Waals surface area contributed by atoms with Crippen molar-refractivity contribution < 1.29 is 17.9 Å². The Morgan fingerprint density at radius 1 is 0.921 bits per heavy atom. The number of amides is 1. The van der Waals surface area contributed by atoms with Gasteiger partial charge >= 0.3 is 0 Å². The number of nitrogens with zero attached hydrogens (tertiary/aromatic N) is 3. The van der Waals surface area contributed by atoms with Crippen LogP contribution in [0.1, 0.15) is 23.6 Å². The van der Waals surface area contributed by atoms with Crippen molar-refractivity contribution >= 4 is 22.0 Å². The first-order valence-electron chi connectivity index (χ1n) is 12.8. The summed E-state index contributed by atoms with van der Waals surface area (Å²) in [7, 11) is -0.679. The van der Waals surface area contributed by atoms with Gasteiger partial charge in [0.25, 0.3) is 0 Å². The fraction of sp³-hybridized carbons (Fsp3) is 0.300. The minimum Gasteiger partial charge on any atom is -0.497 e. The lowest BCUT2D eigenvalue weighted by molar-refractivity contribution is -0.133. The Hall–Kier alpha value is -3.46. The molecule has 0 N–H and O–H groups in total. The molecule has 0 aromatic heterocycles. The molecule has 1 aliphatic heterocycles. The molecule has 1 heterocycles. The minimum absolute atomic E-state index is 0.0552. The van der Waals surface area contributed by atoms with Crippen molar-refractivity contribution in [3.05, 3.63) is 102 Å². The second kappa shape index (κ2) is 12.9. The first-order chi connectivity index (χ1) is 18.4. The molecule has 1 amide bonds. The van der Waals surface area contributed by atoms with Crippen LogP contribution in [0.25, 0.3) is 6.08 Å². The summed E-state index contributed by atoms with van der Waals surface area (Å²) in [4.78, 5) is 17.8. The Bertz CT molecular complexity index is 1300. The van der Waals surface area contributed by atoms with Gasteiger partial charge in [-0.1, -0.05) is 72.8 Å². The summed E-state index contributed by atoms with van der Waals surface area (Å²) in [5.41, 5.74) is 1.91. The number of rotatable bonds is 10. The average molecular weight is 534 g/mol. The van der Waals surface area contributed by atoms with Crippen LogP contribution in [0.2, 0.25) is 0 Å². The van der Waals surface area contributed by atoms with Gasteiger partial charge in [0.1, 0.15) is 5.75 Å². The largest absolute Gasteiger partial charge is 0.497 e. The van der Waals surface area contributed by atoms with E-state index in [4.69, 9.17) is 4.74 Å². The molecule has 0 aliphatic carbocycles. The molecule has 0 spiro atoms. The van der Waals surface area contributed by atoms with Gasteiger partial charge in [-0.25, -0.2) is 8.42 Å². The topological polar surface area (TPSA) is 70.2 Å². The Labute approximate surface area is 226 Å². The third-order valence-electron chi connectivity index (χ3n) is 6.93. The number of benzene rings is 3. The molecule has 1 aliphatic rings. The fourth-order valence-corrected chi connectivity index (χ4v) is 5.95. The molecule has 8 heteroatoms. The van der Waals surface area contributed by atoms with Gasteiger partial charge in [-0.3, -0.25) is 9.69 Å². The number of hydrogen-bond acceptors (Lipinski definition) is 5. The number of sulfonamides is 1. The van der Waals surface area contributed by atoms with E-state index in [-0.39, 0.29) is 17.2 Å². The van der Waals surface area contributed by atoms with Crippen LogP contribution < -0.4 is 4.74 Å². The number of ether oxygens (including phenoxy) is 1. The molecular weight excluding hydrogens is 498 g/mol. The van der Waals surface area contributed by atoms with Crippen LogP contribution in [0.4, 0.5) is 0 Å². The maximum absolute atomic E-state index is 13.4. The minimum atomic E-state index is -3.80. The highest BCUT2D eigenvalue weighted by atomic mass is 32.2. The molecule has 0 bridgehead atoms. The lowest BCUT2D eigenvalue weighted by atomic mass is 10.0. The quantitative estimate of drug-likeness (QED) is 0.389. The van der Waals surface area contributed by atoms with E-state index in [1.54, 1.807) is 56.6 Å². The van der Waals surface area contributed by atoms with Crippen molar-refractivity contribution in [2.24, 2.45) is 0 Å². The van der Waals surface area contributed by atoms with Gasteiger partial charge in [-0.2, -0.15) is 4.31 Å². The number of piperazine rings is 1. The van der Waals surface area contributed by atoms with E-state index in [1.807, 2.05) is 35.2 Å². The van der Waals surface area contributed by atoms with E-state index in [2.05, 4.69) is 29.2 Å². The molecule has 3 aromatic rings. The number of hydrogen-bond donors (Lipinski definition) is 0. The summed E-state index contributed by atoms with van der Waals surface area (Å²) < 4.78 is 33.5. The second-order valence-electron chi connectivity index (χ2n) is 9.32. The van der Waals surface area contributed by atoms with Gasteiger partial charge in [0.05, 0.1) is 18.0 Å². The van der Waals surface area contributed by atoms with Gasteiger partial charge in [0.2, 0.25) is 15.9 Å². The molecule has 1 saturated heterocycles. The molecule has 1 atom stereocenters. The Morgan fingerprint density at radius 2 is 1.53 bits per heavy atom. The molecule has 0 saturated carbocycles. The zero-order chi connectivity index (χ0) is 27.0. The number of carbonyl (C=O) groups is 1. The fourth-order valence-electron chi connectivity index (χ4n) is 4.58. The lowest BCUT2D eigenvalue weighted by Crippen LogP contribution is -2.49. The first kappa shape index (κ1) is 27.6. The van der Waals surface area contributed by atoms with Crippen molar-refractivity contribution in [3.8, 4) is 5.75 Å². The third-order valence-corrected chi connectivity index (χ3v) is 8.81. The van der Waals surface area contributed by atoms with Crippen molar-refractivity contribution in [2.75, 3.05) is 46.9 Å². The Kier molecular flexibility index (Phi) is 9.33. The zero-order valence-electron chi connectivity index (χ0n) is 21.9. The van der Waals surface area contributed by atoms with Crippen molar-refractivity contribution in [1.82, 2.24) is 14.1 Å². The van der Waals surface area contributed by atoms with Gasteiger partial charge < -0.3 is 9.64 Å². The maximum Gasteiger partial charge on any atom is 0.243 e. The van der Waals surface area contributed by atoms with Gasteiger partial charge in [-0.05, 0) is 35.4 Å². The highest BCUT2D eigenvalue weighted by molar-refractivity contribution is 7.89. The zero-order valence-corrected chi connectivity index (χ0v) is 22.8. The Morgan fingerprint density at radius 3 is 2.13 bits per heavy atom. The summed E-state index contributed by atoms with van der Waals surface area (Å²) in [6.07, 6.45) is 4.32. The van der Waals surface area contributed by atoms with Crippen LogP contribution in [-0.4, -0.2) is 75.3 Å². The maximum atomic E-state index is 13.4. The molecule has 3 aromatic carbocycles. The molecule has 200 valence electrons. The van der Waals surface area contributed by atoms with Crippen molar-refractivity contribution in [1.29, 1.82) is 0 Å². The number of carbonyl (C=O) groups excluding carboxylic acids is 1. The predicted octanol–water partition coefficient (Wildman–Crippen LogP) is 4.30. The van der Waals surface area contributed by atoms with Gasteiger partial charge in [0, 0.05) is 46.2 Å². The summed E-state index contributed by atoms with van der Waals surface area (Å²) in [5, 5.41) is 0. The van der Waals surface area contributed by atoms with E-state index in [0.29, 0.717) is 18.8 Å². The van der Waals surface area contributed by atoms with Crippen LogP contribution in [0.3, 0.4) is 0 Å². The highest BCUT2D eigenvalue weighted by Crippen LogP contribution is 2.31. The van der Waals surface area contributed by atoms with Crippen LogP contribution in [0.15, 0.2) is 95.9 Å². The second-order valence-corrected chi connectivity index (χ2v) is 11.3. The summed E-state index contributed by atoms with van der Waals surface area (Å²) in [6.45, 7) is 3.60. The van der Waals surface area contributed by atoms with Crippen LogP contribution in [0.5, 0.6) is 5.75 Å². The molecule has 0 unspecified atom stereocenters. The third kappa shape index (κ3) is 6.89. The molecular formula is C30H35N3O4S. The van der Waals surface area contributed by atoms with Crippen LogP contribution in [-0.2, 0) is 14.8 Å².